The molecule has 2 N–H and O–H groups in total. The van der Waals surface area contributed by atoms with E-state index >= 15 is 0 Å². The number of rotatable bonds is 6. The van der Waals surface area contributed by atoms with Crippen molar-refractivity contribution < 1.29 is 18.7 Å². The van der Waals surface area contributed by atoms with Gasteiger partial charge in [-0.25, -0.2) is 9.18 Å². The lowest BCUT2D eigenvalue weighted by molar-refractivity contribution is 0.173. The van der Waals surface area contributed by atoms with Crippen molar-refractivity contribution in [2.75, 3.05) is 0 Å². The minimum atomic E-state index is -1.08. The molecule has 2 aromatic carbocycles. The number of furan rings is 1. The Morgan fingerprint density at radius 1 is 1.14 bits per heavy atom. The number of carboxylic acid groups (broad SMARTS) is 1. The largest absolute Gasteiger partial charge is 0.465 e. The zero-order chi connectivity index (χ0) is 21.0. The number of hydrogen-bond acceptors (Lipinski definition) is 3. The van der Waals surface area contributed by atoms with Gasteiger partial charge >= 0.3 is 6.09 Å². The number of nitrogens with one attached hydrogen (secondary N) is 1. The molecule has 0 spiro atoms. The SMILES string of the molecule is CC(C)(C)C(Cc1cc(Sc2ccccc2)c(-c2ccccc2F)o1)NC(=O)O. The van der Waals surface area contributed by atoms with Gasteiger partial charge in [-0.05, 0) is 35.7 Å². The summed E-state index contributed by atoms with van der Waals surface area (Å²) in [5.74, 6) is 0.699. The van der Waals surface area contributed by atoms with Crippen LogP contribution in [0.4, 0.5) is 9.18 Å². The Labute approximate surface area is 174 Å². The second kappa shape index (κ2) is 8.74. The molecule has 6 heteroatoms. The zero-order valence-corrected chi connectivity index (χ0v) is 17.4. The molecule has 4 nitrogen and oxygen atoms in total. The molecule has 0 aliphatic heterocycles. The average Bonchev–Trinajstić information content (AvgIpc) is 3.03. The molecule has 1 unspecified atom stereocenters. The third kappa shape index (κ3) is 5.41. The highest BCUT2D eigenvalue weighted by Crippen LogP contribution is 2.40. The van der Waals surface area contributed by atoms with Crippen LogP contribution in [0.25, 0.3) is 11.3 Å². The topological polar surface area (TPSA) is 62.5 Å². The molecule has 1 aromatic heterocycles. The van der Waals surface area contributed by atoms with E-state index in [0.29, 0.717) is 23.5 Å². The maximum Gasteiger partial charge on any atom is 0.404 e. The summed E-state index contributed by atoms with van der Waals surface area (Å²) in [4.78, 5) is 13.0. The van der Waals surface area contributed by atoms with Crippen molar-refractivity contribution in [3.63, 3.8) is 0 Å². The van der Waals surface area contributed by atoms with E-state index in [9.17, 15) is 14.3 Å². The van der Waals surface area contributed by atoms with Crippen LogP contribution in [0.15, 0.2) is 74.9 Å². The lowest BCUT2D eigenvalue weighted by Crippen LogP contribution is -2.44. The van der Waals surface area contributed by atoms with Crippen LogP contribution in [0.5, 0.6) is 0 Å². The summed E-state index contributed by atoms with van der Waals surface area (Å²) in [6.45, 7) is 5.90. The summed E-state index contributed by atoms with van der Waals surface area (Å²) in [6, 6.07) is 17.8. The highest BCUT2D eigenvalue weighted by molar-refractivity contribution is 7.99. The van der Waals surface area contributed by atoms with Crippen LogP contribution in [0, 0.1) is 11.2 Å². The normalized spacial score (nSPS) is 12.6. The van der Waals surface area contributed by atoms with Crippen LogP contribution in [0.2, 0.25) is 0 Å². The third-order valence-corrected chi connectivity index (χ3v) is 5.62. The summed E-state index contributed by atoms with van der Waals surface area (Å²) in [7, 11) is 0. The van der Waals surface area contributed by atoms with Gasteiger partial charge in [0.15, 0.2) is 5.76 Å². The van der Waals surface area contributed by atoms with Crippen molar-refractivity contribution in [3.8, 4) is 11.3 Å². The van der Waals surface area contributed by atoms with Crippen LogP contribution < -0.4 is 5.32 Å². The zero-order valence-electron chi connectivity index (χ0n) is 16.6. The summed E-state index contributed by atoms with van der Waals surface area (Å²) in [5, 5.41) is 11.8. The van der Waals surface area contributed by atoms with Crippen LogP contribution >= 0.6 is 11.8 Å². The molecule has 0 saturated heterocycles. The first-order valence-corrected chi connectivity index (χ1v) is 10.2. The maximum absolute atomic E-state index is 14.5. The van der Waals surface area contributed by atoms with E-state index in [2.05, 4.69) is 5.32 Å². The van der Waals surface area contributed by atoms with E-state index in [0.717, 1.165) is 9.79 Å². The molecule has 1 atom stereocenters. The van der Waals surface area contributed by atoms with Gasteiger partial charge in [-0.1, -0.05) is 62.9 Å². The summed E-state index contributed by atoms with van der Waals surface area (Å²) < 4.78 is 20.5. The molecule has 0 aliphatic rings. The van der Waals surface area contributed by atoms with Gasteiger partial charge in [-0.2, -0.15) is 0 Å². The molecule has 3 aromatic rings. The van der Waals surface area contributed by atoms with Crippen LogP contribution in [-0.2, 0) is 6.42 Å². The number of amides is 1. The van der Waals surface area contributed by atoms with Crippen LogP contribution in [0.3, 0.4) is 0 Å². The molecule has 0 bridgehead atoms. The lowest BCUT2D eigenvalue weighted by atomic mass is 9.84. The third-order valence-electron chi connectivity index (χ3n) is 4.59. The van der Waals surface area contributed by atoms with E-state index < -0.39 is 6.09 Å². The number of carbonyl (C=O) groups is 1. The van der Waals surface area contributed by atoms with Gasteiger partial charge in [0.05, 0.1) is 10.5 Å². The van der Waals surface area contributed by atoms with E-state index in [1.807, 2.05) is 57.2 Å². The van der Waals surface area contributed by atoms with Crippen molar-refractivity contribution in [2.24, 2.45) is 5.41 Å². The van der Waals surface area contributed by atoms with Crippen LogP contribution in [0.1, 0.15) is 26.5 Å². The van der Waals surface area contributed by atoms with Crippen LogP contribution in [-0.4, -0.2) is 17.2 Å². The van der Waals surface area contributed by atoms with Gasteiger partial charge in [0.1, 0.15) is 11.6 Å². The Balaban J connectivity index is 1.99. The van der Waals surface area contributed by atoms with Crippen molar-refractivity contribution in [1.82, 2.24) is 5.32 Å². The molecular formula is C23H24FNO3S. The molecular weight excluding hydrogens is 389 g/mol. The molecule has 152 valence electrons. The second-order valence-electron chi connectivity index (χ2n) is 7.87. The second-order valence-corrected chi connectivity index (χ2v) is 8.99. The van der Waals surface area contributed by atoms with Crippen molar-refractivity contribution in [1.29, 1.82) is 0 Å². The smallest absolute Gasteiger partial charge is 0.404 e. The van der Waals surface area contributed by atoms with E-state index in [1.165, 1.54) is 17.8 Å². The fraction of sp³-hybridized carbons (Fsp3) is 0.261. The van der Waals surface area contributed by atoms with Gasteiger partial charge < -0.3 is 14.8 Å². The number of benzene rings is 2. The van der Waals surface area contributed by atoms with E-state index in [-0.39, 0.29) is 17.3 Å². The number of halogens is 1. The summed E-state index contributed by atoms with van der Waals surface area (Å²) in [5.41, 5.74) is 0.0754. The Hall–Kier alpha value is -2.73. The summed E-state index contributed by atoms with van der Waals surface area (Å²) in [6.07, 6.45) is -0.711. The van der Waals surface area contributed by atoms with E-state index in [1.54, 1.807) is 18.2 Å². The minimum Gasteiger partial charge on any atom is -0.465 e. The lowest BCUT2D eigenvalue weighted by Gasteiger charge is -2.29. The van der Waals surface area contributed by atoms with Gasteiger partial charge in [0.25, 0.3) is 0 Å². The standard InChI is InChI=1S/C23H24FNO3S/c1-23(2,3)20(25-22(26)27)14-15-13-19(29-16-9-5-4-6-10-16)21(28-15)17-11-7-8-12-18(17)24/h4-13,20,25H,14H2,1-3H3,(H,26,27). The molecule has 0 saturated carbocycles. The van der Waals surface area contributed by atoms with Gasteiger partial charge in [0, 0.05) is 17.4 Å². The predicted molar refractivity (Wildman–Crippen MR) is 113 cm³/mol. The van der Waals surface area contributed by atoms with Crippen molar-refractivity contribution in [3.05, 3.63) is 72.2 Å². The highest BCUT2D eigenvalue weighted by atomic mass is 32.2. The Bertz CT molecular complexity index is 979. The summed E-state index contributed by atoms with van der Waals surface area (Å²) >= 11 is 1.49. The Morgan fingerprint density at radius 2 is 1.79 bits per heavy atom. The molecule has 0 radical (unpaired) electrons. The molecule has 1 amide bonds. The first-order chi connectivity index (χ1) is 13.7. The Kier molecular flexibility index (Phi) is 6.33. The fourth-order valence-corrected chi connectivity index (χ4v) is 3.95. The molecule has 3 rings (SSSR count). The molecule has 1 heterocycles. The Morgan fingerprint density at radius 3 is 2.41 bits per heavy atom. The fourth-order valence-electron chi connectivity index (χ4n) is 2.97. The monoisotopic (exact) mass is 413 g/mol. The maximum atomic E-state index is 14.5. The molecule has 0 fully saturated rings. The van der Waals surface area contributed by atoms with Crippen molar-refractivity contribution >= 4 is 17.9 Å². The highest BCUT2D eigenvalue weighted by Gasteiger charge is 2.28. The molecule has 0 aliphatic carbocycles. The number of hydrogen-bond donors (Lipinski definition) is 2. The predicted octanol–water partition coefficient (Wildman–Crippen LogP) is 6.46. The van der Waals surface area contributed by atoms with Gasteiger partial charge in [0.2, 0.25) is 0 Å². The minimum absolute atomic E-state index is 0.309. The quantitative estimate of drug-likeness (QED) is 0.487. The first kappa shape index (κ1) is 21.0. The van der Waals surface area contributed by atoms with Gasteiger partial charge in [-0.15, -0.1) is 0 Å². The van der Waals surface area contributed by atoms with Crippen molar-refractivity contribution in [2.45, 2.75) is 43.0 Å². The van der Waals surface area contributed by atoms with Gasteiger partial charge in [-0.3, -0.25) is 0 Å². The average molecular weight is 414 g/mol. The van der Waals surface area contributed by atoms with E-state index in [4.69, 9.17) is 4.42 Å². The molecule has 29 heavy (non-hydrogen) atoms. The first-order valence-electron chi connectivity index (χ1n) is 9.34.